The maximum atomic E-state index is 6.03. The summed E-state index contributed by atoms with van der Waals surface area (Å²) in [6.45, 7) is 7.31. The van der Waals surface area contributed by atoms with Gasteiger partial charge in [0.1, 0.15) is 5.75 Å². The summed E-state index contributed by atoms with van der Waals surface area (Å²) in [7, 11) is 0. The van der Waals surface area contributed by atoms with E-state index in [0.717, 1.165) is 51.6 Å². The van der Waals surface area contributed by atoms with Crippen molar-refractivity contribution >= 4 is 21.4 Å². The highest BCUT2D eigenvalue weighted by Crippen LogP contribution is 2.35. The Morgan fingerprint density at radius 3 is 2.79 bits per heavy atom. The lowest BCUT2D eigenvalue weighted by Gasteiger charge is -2.27. The van der Waals surface area contributed by atoms with E-state index in [1.807, 2.05) is 11.3 Å². The molecule has 154 valence electrons. The predicted octanol–water partition coefficient (Wildman–Crippen LogP) is 3.25. The molecule has 4 N–H and O–H groups in total. The summed E-state index contributed by atoms with van der Waals surface area (Å²) < 4.78 is 7.35. The van der Waals surface area contributed by atoms with Crippen molar-refractivity contribution in [2.24, 2.45) is 5.73 Å². The number of nitrogens with zero attached hydrogens (tertiary/aromatic N) is 1. The Morgan fingerprint density at radius 2 is 1.97 bits per heavy atom. The van der Waals surface area contributed by atoms with Gasteiger partial charge in [0.05, 0.1) is 6.61 Å². The second-order valence-corrected chi connectivity index (χ2v) is 8.50. The molecule has 0 unspecified atom stereocenters. The summed E-state index contributed by atoms with van der Waals surface area (Å²) in [5.74, 6) is 0.955. The van der Waals surface area contributed by atoms with Crippen LogP contribution in [-0.2, 0) is 6.54 Å². The standard InChI is InChI=1S/C23H30N4OS/c24-8-3-13-28-21-7-6-19(23-15-18-4-1-2-5-22(18)29-23)14-20(21)16-26-17-27-11-9-25-10-12-27/h1-2,4-7,14-15,25-26H,3,8-13,16-17,24H2. The van der Waals surface area contributed by atoms with Gasteiger partial charge in [0.15, 0.2) is 0 Å². The average Bonchev–Trinajstić information content (AvgIpc) is 3.20. The van der Waals surface area contributed by atoms with Gasteiger partial charge in [0, 0.05) is 54.5 Å². The van der Waals surface area contributed by atoms with Crippen LogP contribution in [0.25, 0.3) is 20.5 Å². The number of thiophene rings is 1. The molecule has 0 saturated carbocycles. The Kier molecular flexibility index (Phi) is 7.14. The smallest absolute Gasteiger partial charge is 0.123 e. The lowest BCUT2D eigenvalue weighted by Crippen LogP contribution is -2.46. The Labute approximate surface area is 176 Å². The van der Waals surface area contributed by atoms with Gasteiger partial charge < -0.3 is 21.1 Å². The van der Waals surface area contributed by atoms with Gasteiger partial charge in [-0.05, 0) is 54.2 Å². The number of benzene rings is 2. The molecular weight excluding hydrogens is 380 g/mol. The SMILES string of the molecule is NCCCOc1ccc(-c2cc3ccccc3s2)cc1CNCN1CCNCC1. The van der Waals surface area contributed by atoms with Crippen LogP contribution in [-0.4, -0.2) is 50.9 Å². The minimum Gasteiger partial charge on any atom is -0.493 e. The zero-order chi connectivity index (χ0) is 19.9. The van der Waals surface area contributed by atoms with E-state index in [1.165, 1.54) is 26.1 Å². The van der Waals surface area contributed by atoms with Gasteiger partial charge in [-0.15, -0.1) is 11.3 Å². The van der Waals surface area contributed by atoms with Crippen LogP contribution in [0.1, 0.15) is 12.0 Å². The first-order valence-corrected chi connectivity index (χ1v) is 11.2. The fraction of sp³-hybridized carbons (Fsp3) is 0.391. The van der Waals surface area contributed by atoms with Crippen molar-refractivity contribution in [2.75, 3.05) is 46.0 Å². The van der Waals surface area contributed by atoms with Crippen molar-refractivity contribution in [1.82, 2.24) is 15.5 Å². The van der Waals surface area contributed by atoms with E-state index in [-0.39, 0.29) is 0 Å². The fourth-order valence-electron chi connectivity index (χ4n) is 3.62. The molecule has 1 saturated heterocycles. The summed E-state index contributed by atoms with van der Waals surface area (Å²) in [5, 5.41) is 8.30. The fourth-order valence-corrected chi connectivity index (χ4v) is 4.68. The molecular formula is C23H30N4OS. The topological polar surface area (TPSA) is 62.6 Å². The van der Waals surface area contributed by atoms with Gasteiger partial charge in [0.2, 0.25) is 0 Å². The van der Waals surface area contributed by atoms with E-state index >= 15 is 0 Å². The molecule has 3 aromatic rings. The van der Waals surface area contributed by atoms with Crippen LogP contribution < -0.4 is 21.1 Å². The third-order valence-corrected chi connectivity index (χ3v) is 6.40. The van der Waals surface area contributed by atoms with Gasteiger partial charge >= 0.3 is 0 Å². The van der Waals surface area contributed by atoms with Crippen LogP contribution in [0.5, 0.6) is 5.75 Å². The number of rotatable bonds is 9. The zero-order valence-electron chi connectivity index (χ0n) is 16.8. The van der Waals surface area contributed by atoms with Gasteiger partial charge in [0.25, 0.3) is 0 Å². The van der Waals surface area contributed by atoms with E-state index < -0.39 is 0 Å². The van der Waals surface area contributed by atoms with Crippen LogP contribution >= 0.6 is 11.3 Å². The minimum atomic E-state index is 0.649. The number of ether oxygens (including phenoxy) is 1. The molecule has 2 heterocycles. The molecule has 6 heteroatoms. The molecule has 1 aliphatic rings. The average molecular weight is 411 g/mol. The van der Waals surface area contributed by atoms with Crippen molar-refractivity contribution in [3.63, 3.8) is 0 Å². The molecule has 0 aliphatic carbocycles. The molecule has 4 rings (SSSR count). The second-order valence-electron chi connectivity index (χ2n) is 7.41. The Bertz CT molecular complexity index is 887. The maximum absolute atomic E-state index is 6.03. The maximum Gasteiger partial charge on any atom is 0.123 e. The lowest BCUT2D eigenvalue weighted by atomic mass is 10.1. The summed E-state index contributed by atoms with van der Waals surface area (Å²) in [6, 6.07) is 17.4. The Morgan fingerprint density at radius 1 is 1.10 bits per heavy atom. The van der Waals surface area contributed by atoms with Gasteiger partial charge in [-0.25, -0.2) is 0 Å². The number of fused-ring (bicyclic) bond motifs is 1. The van der Waals surface area contributed by atoms with Crippen LogP contribution in [0.3, 0.4) is 0 Å². The van der Waals surface area contributed by atoms with Crippen molar-refractivity contribution in [3.05, 3.63) is 54.1 Å². The molecule has 29 heavy (non-hydrogen) atoms. The first-order chi connectivity index (χ1) is 14.3. The molecule has 1 fully saturated rings. The number of hydrogen-bond donors (Lipinski definition) is 3. The first-order valence-electron chi connectivity index (χ1n) is 10.4. The normalized spacial score (nSPS) is 15.1. The third-order valence-electron chi connectivity index (χ3n) is 5.24. The van der Waals surface area contributed by atoms with Crippen LogP contribution in [0.2, 0.25) is 0 Å². The number of piperazine rings is 1. The van der Waals surface area contributed by atoms with Crippen molar-refractivity contribution in [3.8, 4) is 16.2 Å². The van der Waals surface area contributed by atoms with Gasteiger partial charge in [-0.2, -0.15) is 0 Å². The molecule has 0 radical (unpaired) electrons. The molecule has 5 nitrogen and oxygen atoms in total. The van der Waals surface area contributed by atoms with Crippen LogP contribution in [0.15, 0.2) is 48.5 Å². The minimum absolute atomic E-state index is 0.649. The number of hydrogen-bond acceptors (Lipinski definition) is 6. The molecule has 0 atom stereocenters. The van der Waals surface area contributed by atoms with E-state index in [9.17, 15) is 0 Å². The lowest BCUT2D eigenvalue weighted by molar-refractivity contribution is 0.222. The number of nitrogens with two attached hydrogens (primary N) is 1. The molecule has 0 spiro atoms. The second kappa shape index (κ2) is 10.2. The highest BCUT2D eigenvalue weighted by molar-refractivity contribution is 7.22. The third kappa shape index (κ3) is 5.35. The molecule has 0 bridgehead atoms. The van der Waals surface area contributed by atoms with Crippen LogP contribution in [0.4, 0.5) is 0 Å². The van der Waals surface area contributed by atoms with E-state index in [1.54, 1.807) is 0 Å². The summed E-state index contributed by atoms with van der Waals surface area (Å²) in [6.07, 6.45) is 0.867. The first kappa shape index (κ1) is 20.3. The number of nitrogens with one attached hydrogen (secondary N) is 2. The molecule has 1 aromatic heterocycles. The quantitative estimate of drug-likeness (QED) is 0.473. The zero-order valence-corrected chi connectivity index (χ0v) is 17.6. The highest BCUT2D eigenvalue weighted by Gasteiger charge is 2.12. The largest absolute Gasteiger partial charge is 0.493 e. The monoisotopic (exact) mass is 410 g/mol. The summed E-state index contributed by atoms with van der Waals surface area (Å²) in [4.78, 5) is 3.74. The van der Waals surface area contributed by atoms with Gasteiger partial charge in [-0.1, -0.05) is 18.2 Å². The van der Waals surface area contributed by atoms with E-state index in [0.29, 0.717) is 13.2 Å². The van der Waals surface area contributed by atoms with Crippen molar-refractivity contribution in [2.45, 2.75) is 13.0 Å². The molecule has 0 amide bonds. The Hall–Kier alpha value is -1.96. The Balaban J connectivity index is 1.51. The van der Waals surface area contributed by atoms with Crippen molar-refractivity contribution < 1.29 is 4.74 Å². The summed E-state index contributed by atoms with van der Waals surface area (Å²) in [5.41, 5.74) is 8.08. The van der Waals surface area contributed by atoms with Crippen LogP contribution in [0, 0.1) is 0 Å². The molecule has 2 aromatic carbocycles. The summed E-state index contributed by atoms with van der Waals surface area (Å²) >= 11 is 1.84. The molecule has 1 aliphatic heterocycles. The predicted molar refractivity (Wildman–Crippen MR) is 123 cm³/mol. The van der Waals surface area contributed by atoms with E-state index in [4.69, 9.17) is 10.5 Å². The van der Waals surface area contributed by atoms with E-state index in [2.05, 4.69) is 64.1 Å². The van der Waals surface area contributed by atoms with Gasteiger partial charge in [-0.3, -0.25) is 4.90 Å². The van der Waals surface area contributed by atoms with Crippen molar-refractivity contribution in [1.29, 1.82) is 0 Å². The highest BCUT2D eigenvalue weighted by atomic mass is 32.1.